The van der Waals surface area contributed by atoms with E-state index in [1.807, 2.05) is 6.92 Å². The Hall–Kier alpha value is -1.56. The summed E-state index contributed by atoms with van der Waals surface area (Å²) in [5.74, 6) is -0.601. The van der Waals surface area contributed by atoms with E-state index in [4.69, 9.17) is 4.74 Å². The largest absolute Gasteiger partial charge is 0.481 e. The highest BCUT2D eigenvalue weighted by Gasteiger charge is 2.38. The van der Waals surface area contributed by atoms with E-state index in [0.717, 1.165) is 11.3 Å². The van der Waals surface area contributed by atoms with Crippen LogP contribution in [0.5, 0.6) is 5.88 Å². The second-order valence-corrected chi connectivity index (χ2v) is 4.34. The molecule has 0 aromatic carbocycles. The summed E-state index contributed by atoms with van der Waals surface area (Å²) in [7, 11) is 3.38. The van der Waals surface area contributed by atoms with E-state index in [2.05, 4.69) is 10.4 Å². The number of aromatic nitrogens is 2. The number of carboxylic acids is 1. The zero-order valence-corrected chi connectivity index (χ0v) is 10.2. The first kappa shape index (κ1) is 11.9. The summed E-state index contributed by atoms with van der Waals surface area (Å²) in [5.41, 5.74) is 1.75. The van der Waals surface area contributed by atoms with Crippen molar-refractivity contribution >= 4 is 5.97 Å². The van der Waals surface area contributed by atoms with Gasteiger partial charge in [-0.2, -0.15) is 5.10 Å². The Labute approximate surface area is 99.6 Å². The molecule has 1 aliphatic heterocycles. The van der Waals surface area contributed by atoms with Gasteiger partial charge in [0.2, 0.25) is 5.88 Å². The third-order valence-electron chi connectivity index (χ3n) is 3.31. The molecule has 17 heavy (non-hydrogen) atoms. The lowest BCUT2D eigenvalue weighted by atomic mass is 9.89. The molecule has 0 amide bonds. The van der Waals surface area contributed by atoms with Gasteiger partial charge in [-0.3, -0.25) is 4.79 Å². The molecule has 0 spiro atoms. The molecule has 0 bridgehead atoms. The van der Waals surface area contributed by atoms with Gasteiger partial charge >= 0.3 is 5.97 Å². The fourth-order valence-electron chi connectivity index (χ4n) is 2.56. The third-order valence-corrected chi connectivity index (χ3v) is 3.31. The van der Waals surface area contributed by atoms with Crippen LogP contribution in [0.25, 0.3) is 0 Å². The number of nitrogens with zero attached hydrogens (tertiary/aromatic N) is 2. The second kappa shape index (κ2) is 4.37. The topological polar surface area (TPSA) is 76.4 Å². The summed E-state index contributed by atoms with van der Waals surface area (Å²) in [6, 6.07) is 0. The van der Waals surface area contributed by atoms with E-state index in [1.54, 1.807) is 18.8 Å². The Kier molecular flexibility index (Phi) is 3.06. The van der Waals surface area contributed by atoms with Crippen molar-refractivity contribution in [1.29, 1.82) is 0 Å². The minimum atomic E-state index is -0.773. The molecule has 2 heterocycles. The Morgan fingerprint density at radius 3 is 2.88 bits per heavy atom. The maximum absolute atomic E-state index is 11.2. The van der Waals surface area contributed by atoms with Crippen LogP contribution in [0.3, 0.4) is 0 Å². The number of carboxylic acid groups (broad SMARTS) is 1. The Balaban J connectivity index is 2.42. The molecule has 2 unspecified atom stereocenters. The molecular formula is C11H17N3O3. The molecule has 2 N–H and O–H groups in total. The number of aliphatic carboxylic acids is 1. The van der Waals surface area contributed by atoms with Gasteiger partial charge in [-0.1, -0.05) is 0 Å². The van der Waals surface area contributed by atoms with Crippen molar-refractivity contribution in [3.05, 3.63) is 11.3 Å². The van der Waals surface area contributed by atoms with Crippen molar-refractivity contribution in [2.75, 3.05) is 20.2 Å². The number of aryl methyl sites for hydroxylation is 2. The third kappa shape index (κ3) is 1.88. The van der Waals surface area contributed by atoms with Crippen LogP contribution in [0.1, 0.15) is 17.2 Å². The zero-order chi connectivity index (χ0) is 12.6. The highest BCUT2D eigenvalue weighted by molar-refractivity contribution is 5.72. The number of ether oxygens (including phenoxy) is 1. The lowest BCUT2D eigenvalue weighted by Gasteiger charge is -2.15. The van der Waals surface area contributed by atoms with Crippen molar-refractivity contribution in [3.8, 4) is 5.88 Å². The molecule has 1 saturated heterocycles. The van der Waals surface area contributed by atoms with Gasteiger partial charge in [0.15, 0.2) is 0 Å². The lowest BCUT2D eigenvalue weighted by Crippen LogP contribution is -2.21. The monoisotopic (exact) mass is 239 g/mol. The molecule has 0 radical (unpaired) electrons. The molecule has 94 valence electrons. The number of methoxy groups -OCH3 is 1. The van der Waals surface area contributed by atoms with Gasteiger partial charge in [-0.15, -0.1) is 0 Å². The molecule has 1 aromatic rings. The van der Waals surface area contributed by atoms with Crippen LogP contribution >= 0.6 is 0 Å². The van der Waals surface area contributed by atoms with Crippen LogP contribution in [0.15, 0.2) is 0 Å². The summed E-state index contributed by atoms with van der Waals surface area (Å²) in [6.07, 6.45) is 0. The highest BCUT2D eigenvalue weighted by Crippen LogP contribution is 2.36. The first-order valence-electron chi connectivity index (χ1n) is 5.57. The van der Waals surface area contributed by atoms with Crippen molar-refractivity contribution in [2.45, 2.75) is 12.8 Å². The standard InChI is InChI=1S/C11H17N3O3/c1-6-9(10(17-3)14(2)13-6)7-4-12-5-8(7)11(15)16/h7-8,12H,4-5H2,1-3H3,(H,15,16). The van der Waals surface area contributed by atoms with E-state index < -0.39 is 11.9 Å². The number of nitrogens with one attached hydrogen (secondary N) is 1. The molecule has 2 atom stereocenters. The highest BCUT2D eigenvalue weighted by atomic mass is 16.5. The van der Waals surface area contributed by atoms with Gasteiger partial charge < -0.3 is 15.2 Å². The van der Waals surface area contributed by atoms with E-state index in [9.17, 15) is 9.90 Å². The molecule has 1 fully saturated rings. The van der Waals surface area contributed by atoms with Crippen LogP contribution in [-0.2, 0) is 11.8 Å². The van der Waals surface area contributed by atoms with E-state index in [-0.39, 0.29) is 5.92 Å². The second-order valence-electron chi connectivity index (χ2n) is 4.34. The molecule has 0 saturated carbocycles. The number of hydrogen-bond acceptors (Lipinski definition) is 4. The average Bonchev–Trinajstić information content (AvgIpc) is 2.81. The van der Waals surface area contributed by atoms with Crippen LogP contribution in [0, 0.1) is 12.8 Å². The molecule has 0 aliphatic carbocycles. The van der Waals surface area contributed by atoms with Crippen LogP contribution in [-0.4, -0.2) is 41.1 Å². The fourth-order valence-corrected chi connectivity index (χ4v) is 2.56. The Bertz CT molecular complexity index is 441. The summed E-state index contributed by atoms with van der Waals surface area (Å²) < 4.78 is 6.97. The fraction of sp³-hybridized carbons (Fsp3) is 0.636. The van der Waals surface area contributed by atoms with Crippen LogP contribution in [0.4, 0.5) is 0 Å². The Morgan fingerprint density at radius 2 is 2.29 bits per heavy atom. The minimum Gasteiger partial charge on any atom is -0.481 e. The van der Waals surface area contributed by atoms with Gasteiger partial charge in [0, 0.05) is 31.6 Å². The molecular weight excluding hydrogens is 222 g/mol. The van der Waals surface area contributed by atoms with Gasteiger partial charge in [0.05, 0.1) is 18.7 Å². The van der Waals surface area contributed by atoms with Gasteiger partial charge in [0.25, 0.3) is 0 Å². The van der Waals surface area contributed by atoms with Crippen LogP contribution < -0.4 is 10.1 Å². The molecule has 2 rings (SSSR count). The minimum absolute atomic E-state index is 0.0730. The van der Waals surface area contributed by atoms with Crippen molar-refractivity contribution in [2.24, 2.45) is 13.0 Å². The molecule has 1 aromatic heterocycles. The predicted octanol–water partition coefficient (Wildman–Crippen LogP) is 0.125. The first-order valence-corrected chi connectivity index (χ1v) is 5.57. The number of rotatable bonds is 3. The van der Waals surface area contributed by atoms with E-state index >= 15 is 0 Å². The van der Waals surface area contributed by atoms with Crippen molar-refractivity contribution < 1.29 is 14.6 Å². The summed E-state index contributed by atoms with van der Waals surface area (Å²) in [5, 5.41) is 16.6. The first-order chi connectivity index (χ1) is 8.06. The van der Waals surface area contributed by atoms with Gasteiger partial charge in [-0.05, 0) is 6.92 Å². The SMILES string of the molecule is COc1c(C2CNCC2C(=O)O)c(C)nn1C. The van der Waals surface area contributed by atoms with Gasteiger partial charge in [-0.25, -0.2) is 4.68 Å². The number of carbonyl (C=O) groups is 1. The summed E-state index contributed by atoms with van der Waals surface area (Å²) in [4.78, 5) is 11.2. The zero-order valence-electron chi connectivity index (χ0n) is 10.2. The maximum atomic E-state index is 11.2. The Morgan fingerprint density at radius 1 is 1.59 bits per heavy atom. The van der Waals surface area contributed by atoms with Crippen molar-refractivity contribution in [3.63, 3.8) is 0 Å². The molecule has 6 nitrogen and oxygen atoms in total. The quantitative estimate of drug-likeness (QED) is 0.783. The summed E-state index contributed by atoms with van der Waals surface area (Å²) in [6.45, 7) is 3.03. The van der Waals surface area contributed by atoms with Gasteiger partial charge in [0.1, 0.15) is 0 Å². The molecule has 6 heteroatoms. The lowest BCUT2D eigenvalue weighted by molar-refractivity contribution is -0.141. The normalized spacial score (nSPS) is 23.9. The van der Waals surface area contributed by atoms with E-state index in [1.165, 1.54) is 0 Å². The smallest absolute Gasteiger partial charge is 0.308 e. The van der Waals surface area contributed by atoms with Crippen molar-refractivity contribution in [1.82, 2.24) is 15.1 Å². The van der Waals surface area contributed by atoms with E-state index in [0.29, 0.717) is 19.0 Å². The summed E-state index contributed by atoms with van der Waals surface area (Å²) >= 11 is 0. The maximum Gasteiger partial charge on any atom is 0.308 e. The number of hydrogen-bond donors (Lipinski definition) is 2. The molecule has 1 aliphatic rings. The van der Waals surface area contributed by atoms with Crippen LogP contribution in [0.2, 0.25) is 0 Å². The average molecular weight is 239 g/mol. The predicted molar refractivity (Wildman–Crippen MR) is 61.2 cm³/mol.